The van der Waals surface area contributed by atoms with E-state index in [2.05, 4.69) is 77.5 Å². The van der Waals surface area contributed by atoms with Gasteiger partial charge in [-0.3, -0.25) is 4.57 Å². The van der Waals surface area contributed by atoms with E-state index in [1.54, 1.807) is 0 Å². The molecule has 1 fully saturated rings. The number of hydrogen-bond donors (Lipinski definition) is 0. The molecule has 0 aromatic rings. The summed E-state index contributed by atoms with van der Waals surface area (Å²) in [6, 6.07) is 0. The van der Waals surface area contributed by atoms with Gasteiger partial charge in [0.15, 0.2) is 0 Å². The van der Waals surface area contributed by atoms with Gasteiger partial charge in [-0.2, -0.15) is 0 Å². The van der Waals surface area contributed by atoms with Crippen molar-refractivity contribution < 1.29 is 20.6 Å². The average molecular weight is 414 g/mol. The molecule has 6 nitrogen and oxygen atoms in total. The summed E-state index contributed by atoms with van der Waals surface area (Å²) in [7, 11) is -9.93. The largest absolute Gasteiger partial charge is 0.416 e. The summed E-state index contributed by atoms with van der Waals surface area (Å²) in [6.07, 6.45) is 0. The van der Waals surface area contributed by atoms with Crippen molar-refractivity contribution >= 4 is 43.0 Å². The highest BCUT2D eigenvalue weighted by Crippen LogP contribution is 2.31. The zero-order valence-corrected chi connectivity index (χ0v) is 21.7. The van der Waals surface area contributed by atoms with Crippen molar-refractivity contribution in [2.24, 2.45) is 0 Å². The lowest BCUT2D eigenvalue weighted by atomic mass is 10.8. The van der Waals surface area contributed by atoms with Crippen LogP contribution >= 0.6 is 0 Å². The van der Waals surface area contributed by atoms with E-state index in [0.717, 1.165) is 6.54 Å². The fraction of sp³-hybridized carbons (Fsp3) is 1.00. The van der Waals surface area contributed by atoms with Crippen molar-refractivity contribution in [3.8, 4) is 0 Å². The first kappa shape index (κ1) is 21.9. The number of nitrogens with zero attached hydrogens (tertiary/aromatic N) is 1. The Hall–Kier alpha value is 0.844. The normalized spacial score (nSPS) is 29.2. The molecule has 0 N–H and O–H groups in total. The molecule has 11 heteroatoms. The lowest BCUT2D eigenvalue weighted by Crippen LogP contribution is -2.69. The van der Waals surface area contributed by atoms with Crippen LogP contribution in [-0.4, -0.2) is 61.1 Å². The second kappa shape index (κ2) is 6.87. The fourth-order valence-electron chi connectivity index (χ4n) is 3.24. The Morgan fingerprint density at radius 3 is 1.09 bits per heavy atom. The molecule has 0 aliphatic carbocycles. The molecule has 0 aromatic heterocycles. The highest BCUT2D eigenvalue weighted by molar-refractivity contribution is 6.92. The third-order valence-electron chi connectivity index (χ3n) is 3.51. The van der Waals surface area contributed by atoms with Gasteiger partial charge in [0.2, 0.25) is 0 Å². The zero-order valence-electron chi connectivity index (χ0n) is 16.7. The van der Waals surface area contributed by atoms with Crippen molar-refractivity contribution in [2.45, 2.75) is 65.8 Å². The maximum absolute atomic E-state index is 6.58. The average Bonchev–Trinajstić information content (AvgIpc) is 2.18. The molecule has 0 atom stereocenters. The minimum Gasteiger partial charge on any atom is -0.416 e. The van der Waals surface area contributed by atoms with Crippen LogP contribution in [0, 0.1) is 0 Å². The molecule has 0 spiro atoms. The van der Waals surface area contributed by atoms with Crippen LogP contribution in [0.1, 0.15) is 6.92 Å². The van der Waals surface area contributed by atoms with E-state index in [4.69, 9.17) is 20.6 Å². The fourth-order valence-corrected chi connectivity index (χ4v) is 29.3. The van der Waals surface area contributed by atoms with Crippen LogP contribution in [0.3, 0.4) is 0 Å². The molecule has 1 aliphatic rings. The summed E-state index contributed by atoms with van der Waals surface area (Å²) >= 11 is 0. The maximum Gasteiger partial charge on any atom is 0.406 e. The summed E-state index contributed by atoms with van der Waals surface area (Å²) in [4.78, 5) is 0. The maximum atomic E-state index is 6.58. The minimum atomic E-state index is -2.58. The molecule has 0 saturated carbocycles. The topological polar surface area (TPSA) is 49.4 Å². The molecule has 0 unspecified atom stereocenters. The molecule has 0 amide bonds. The van der Waals surface area contributed by atoms with Crippen LogP contribution in [0.4, 0.5) is 0 Å². The lowest BCUT2D eigenvalue weighted by Gasteiger charge is -2.48. The first-order chi connectivity index (χ1) is 10.0. The molecule has 138 valence electrons. The van der Waals surface area contributed by atoms with Gasteiger partial charge in [-0.1, -0.05) is 6.92 Å². The van der Waals surface area contributed by atoms with Gasteiger partial charge in [0.1, 0.15) is 0 Å². The van der Waals surface area contributed by atoms with E-state index in [0.29, 0.717) is 0 Å². The number of hydrogen-bond acceptors (Lipinski definition) is 6. The van der Waals surface area contributed by atoms with E-state index in [1.165, 1.54) is 0 Å². The summed E-state index contributed by atoms with van der Waals surface area (Å²) in [5.41, 5.74) is 0. The van der Waals surface area contributed by atoms with Crippen molar-refractivity contribution in [3.63, 3.8) is 0 Å². The highest BCUT2D eigenvalue weighted by atomic mass is 28.5. The van der Waals surface area contributed by atoms with Gasteiger partial charge in [-0.25, -0.2) is 0 Å². The molecule has 1 heterocycles. The van der Waals surface area contributed by atoms with Gasteiger partial charge in [0.25, 0.3) is 0 Å². The highest BCUT2D eigenvalue weighted by Gasteiger charge is 2.54. The van der Waals surface area contributed by atoms with E-state index in [9.17, 15) is 0 Å². The molecule has 1 rings (SSSR count). The first-order valence-corrected chi connectivity index (χ1v) is 21.8. The van der Waals surface area contributed by atoms with Gasteiger partial charge in [0.05, 0.1) is 0 Å². The molecule has 1 saturated heterocycles. The van der Waals surface area contributed by atoms with Crippen LogP contribution < -0.4 is 0 Å². The molecular formula is C12H35NO5Si5. The summed E-state index contributed by atoms with van der Waals surface area (Å²) in [5.74, 6) is 0. The van der Waals surface area contributed by atoms with Gasteiger partial charge >= 0.3 is 43.0 Å². The quantitative estimate of drug-likeness (QED) is 0.647. The van der Waals surface area contributed by atoms with Crippen LogP contribution in [0.25, 0.3) is 0 Å². The Kier molecular flexibility index (Phi) is 6.53. The SMILES string of the molecule is CCN(C)[Si]1(C)O[Si](C)(C)O[Si](C)(C)O[Si](C)(C)O[Si](C)(C)O1. The lowest BCUT2D eigenvalue weighted by molar-refractivity contribution is 0.202. The van der Waals surface area contributed by atoms with Crippen molar-refractivity contribution in [3.05, 3.63) is 0 Å². The first-order valence-electron chi connectivity index (χ1n) is 8.24. The Morgan fingerprint density at radius 2 is 0.826 bits per heavy atom. The standard InChI is InChI=1S/C12H35NO5Si5/c1-12-13(2)23(11)17-21(7,8)15-19(3,4)14-20(5,6)16-22(9,10)18-23/h12H2,1-11H3. The second-order valence-electron chi connectivity index (χ2n) is 8.02. The predicted molar refractivity (Wildman–Crippen MR) is 105 cm³/mol. The van der Waals surface area contributed by atoms with Crippen LogP contribution in [0.15, 0.2) is 0 Å². The van der Waals surface area contributed by atoms with E-state index >= 15 is 0 Å². The van der Waals surface area contributed by atoms with E-state index < -0.39 is 43.0 Å². The van der Waals surface area contributed by atoms with Crippen molar-refractivity contribution in [1.29, 1.82) is 0 Å². The molecule has 0 radical (unpaired) electrons. The Labute approximate surface area is 147 Å². The monoisotopic (exact) mass is 413 g/mol. The van der Waals surface area contributed by atoms with Gasteiger partial charge < -0.3 is 20.6 Å². The van der Waals surface area contributed by atoms with Crippen LogP contribution in [-0.2, 0) is 20.6 Å². The zero-order chi connectivity index (χ0) is 18.3. The minimum absolute atomic E-state index is 0.871. The summed E-state index contributed by atoms with van der Waals surface area (Å²) in [6.45, 7) is 21.8. The summed E-state index contributed by atoms with van der Waals surface area (Å²) in [5, 5.41) is 0. The predicted octanol–water partition coefficient (Wildman–Crippen LogP) is 3.41. The molecule has 0 bridgehead atoms. The van der Waals surface area contributed by atoms with Gasteiger partial charge in [0, 0.05) is 0 Å². The Morgan fingerprint density at radius 1 is 0.565 bits per heavy atom. The van der Waals surface area contributed by atoms with Gasteiger partial charge in [-0.15, -0.1) is 0 Å². The van der Waals surface area contributed by atoms with Gasteiger partial charge in [-0.05, 0) is 72.5 Å². The smallest absolute Gasteiger partial charge is 0.406 e. The molecule has 0 aromatic carbocycles. The van der Waals surface area contributed by atoms with Crippen molar-refractivity contribution in [1.82, 2.24) is 4.57 Å². The Bertz CT molecular complexity index is 402. The third kappa shape index (κ3) is 6.58. The Balaban J connectivity index is 3.30. The van der Waals surface area contributed by atoms with Crippen LogP contribution in [0.5, 0.6) is 0 Å². The molecular weight excluding hydrogens is 379 g/mol. The van der Waals surface area contributed by atoms with E-state index in [-0.39, 0.29) is 0 Å². The number of rotatable bonds is 2. The molecule has 1 aliphatic heterocycles. The molecule has 23 heavy (non-hydrogen) atoms. The van der Waals surface area contributed by atoms with Crippen LogP contribution in [0.2, 0.25) is 58.9 Å². The summed E-state index contributed by atoms with van der Waals surface area (Å²) < 4.78 is 34.6. The third-order valence-corrected chi connectivity index (χ3v) is 24.0. The second-order valence-corrected chi connectivity index (χ2v) is 25.9. The van der Waals surface area contributed by atoms with E-state index in [1.807, 2.05) is 0 Å². The van der Waals surface area contributed by atoms with Crippen molar-refractivity contribution in [2.75, 3.05) is 13.6 Å².